The number of hydrogen-bond acceptors (Lipinski definition) is 3. The SMILES string of the molecule is CCNC(=NCCOCc1ccccc1)N1CCC(OCC)CC1. The van der Waals surface area contributed by atoms with Crippen LogP contribution in [0.5, 0.6) is 0 Å². The summed E-state index contributed by atoms with van der Waals surface area (Å²) in [5.74, 6) is 0.996. The van der Waals surface area contributed by atoms with Gasteiger partial charge in [-0.15, -0.1) is 0 Å². The summed E-state index contributed by atoms with van der Waals surface area (Å²) in [7, 11) is 0. The number of hydrogen-bond donors (Lipinski definition) is 1. The van der Waals surface area contributed by atoms with E-state index in [1.165, 1.54) is 5.56 Å². The summed E-state index contributed by atoms with van der Waals surface area (Å²) in [5.41, 5.74) is 1.20. The number of rotatable bonds is 8. The van der Waals surface area contributed by atoms with Gasteiger partial charge < -0.3 is 19.7 Å². The monoisotopic (exact) mass is 333 g/mol. The van der Waals surface area contributed by atoms with E-state index < -0.39 is 0 Å². The minimum atomic E-state index is 0.406. The van der Waals surface area contributed by atoms with Crippen LogP contribution in [0.2, 0.25) is 0 Å². The second-order valence-corrected chi connectivity index (χ2v) is 5.92. The fraction of sp³-hybridized carbons (Fsp3) is 0.632. The highest BCUT2D eigenvalue weighted by molar-refractivity contribution is 5.80. The number of piperidine rings is 1. The summed E-state index contributed by atoms with van der Waals surface area (Å²) in [5, 5.41) is 3.39. The summed E-state index contributed by atoms with van der Waals surface area (Å²) in [6, 6.07) is 10.2. The lowest BCUT2D eigenvalue weighted by molar-refractivity contribution is 0.0263. The average Bonchev–Trinajstić information content (AvgIpc) is 2.62. The molecule has 0 saturated carbocycles. The molecule has 2 rings (SSSR count). The van der Waals surface area contributed by atoms with Crippen LogP contribution in [0.4, 0.5) is 0 Å². The Kier molecular flexibility index (Phi) is 8.63. The number of aliphatic imine (C=N–C) groups is 1. The van der Waals surface area contributed by atoms with Crippen molar-refractivity contribution in [3.05, 3.63) is 35.9 Å². The summed E-state index contributed by atoms with van der Waals surface area (Å²) in [6.45, 7) is 9.82. The van der Waals surface area contributed by atoms with Crippen molar-refractivity contribution in [2.45, 2.75) is 39.4 Å². The third kappa shape index (κ3) is 6.49. The fourth-order valence-corrected chi connectivity index (χ4v) is 2.88. The van der Waals surface area contributed by atoms with Crippen LogP contribution in [0.25, 0.3) is 0 Å². The van der Waals surface area contributed by atoms with Crippen LogP contribution < -0.4 is 5.32 Å². The smallest absolute Gasteiger partial charge is 0.193 e. The summed E-state index contributed by atoms with van der Waals surface area (Å²) in [4.78, 5) is 7.03. The van der Waals surface area contributed by atoms with E-state index in [0.29, 0.717) is 25.9 Å². The van der Waals surface area contributed by atoms with Gasteiger partial charge in [-0.05, 0) is 32.3 Å². The summed E-state index contributed by atoms with van der Waals surface area (Å²) in [6.07, 6.45) is 2.55. The lowest BCUT2D eigenvalue weighted by Gasteiger charge is -2.34. The van der Waals surface area contributed by atoms with E-state index in [2.05, 4.69) is 36.2 Å². The molecular weight excluding hydrogens is 302 g/mol. The summed E-state index contributed by atoms with van der Waals surface area (Å²) >= 11 is 0. The third-order valence-corrected chi connectivity index (χ3v) is 4.09. The Morgan fingerprint density at radius 3 is 2.62 bits per heavy atom. The lowest BCUT2D eigenvalue weighted by Crippen LogP contribution is -2.47. The van der Waals surface area contributed by atoms with Crippen molar-refractivity contribution < 1.29 is 9.47 Å². The van der Waals surface area contributed by atoms with E-state index >= 15 is 0 Å². The molecule has 0 spiro atoms. The normalized spacial score (nSPS) is 16.4. The highest BCUT2D eigenvalue weighted by atomic mass is 16.5. The van der Waals surface area contributed by atoms with Gasteiger partial charge in [0.05, 0.1) is 25.9 Å². The summed E-state index contributed by atoms with van der Waals surface area (Å²) < 4.78 is 11.4. The van der Waals surface area contributed by atoms with Crippen molar-refractivity contribution in [1.29, 1.82) is 0 Å². The Morgan fingerprint density at radius 1 is 1.21 bits per heavy atom. The molecule has 1 aliphatic rings. The van der Waals surface area contributed by atoms with Gasteiger partial charge in [-0.2, -0.15) is 0 Å². The first-order chi connectivity index (χ1) is 11.8. The van der Waals surface area contributed by atoms with Crippen LogP contribution in [0.15, 0.2) is 35.3 Å². The van der Waals surface area contributed by atoms with E-state index in [-0.39, 0.29) is 0 Å². The molecule has 5 nitrogen and oxygen atoms in total. The molecule has 0 unspecified atom stereocenters. The molecule has 1 heterocycles. The van der Waals surface area contributed by atoms with Gasteiger partial charge in [-0.25, -0.2) is 0 Å². The van der Waals surface area contributed by atoms with Gasteiger partial charge in [0, 0.05) is 26.2 Å². The first-order valence-corrected chi connectivity index (χ1v) is 9.10. The van der Waals surface area contributed by atoms with Crippen molar-refractivity contribution in [2.75, 3.05) is 39.4 Å². The molecule has 1 aromatic carbocycles. The van der Waals surface area contributed by atoms with E-state index in [4.69, 9.17) is 14.5 Å². The van der Waals surface area contributed by atoms with Gasteiger partial charge in [-0.1, -0.05) is 30.3 Å². The zero-order chi connectivity index (χ0) is 17.0. The highest BCUT2D eigenvalue weighted by Gasteiger charge is 2.21. The first kappa shape index (κ1) is 18.7. The first-order valence-electron chi connectivity index (χ1n) is 9.10. The molecule has 1 aromatic rings. The van der Waals surface area contributed by atoms with Crippen molar-refractivity contribution in [1.82, 2.24) is 10.2 Å². The van der Waals surface area contributed by atoms with Gasteiger partial charge in [-0.3, -0.25) is 4.99 Å². The maximum atomic E-state index is 5.72. The lowest BCUT2D eigenvalue weighted by atomic mass is 10.1. The Hall–Kier alpha value is -1.59. The Labute approximate surface area is 146 Å². The van der Waals surface area contributed by atoms with Crippen molar-refractivity contribution in [3.63, 3.8) is 0 Å². The largest absolute Gasteiger partial charge is 0.378 e. The molecule has 0 atom stereocenters. The maximum Gasteiger partial charge on any atom is 0.193 e. The second-order valence-electron chi connectivity index (χ2n) is 5.92. The van der Waals surface area contributed by atoms with Crippen molar-refractivity contribution >= 4 is 5.96 Å². The van der Waals surface area contributed by atoms with Crippen LogP contribution in [0, 0.1) is 0 Å². The van der Waals surface area contributed by atoms with Crippen LogP contribution in [-0.4, -0.2) is 56.4 Å². The van der Waals surface area contributed by atoms with E-state index in [1.807, 2.05) is 18.2 Å². The number of nitrogens with one attached hydrogen (secondary N) is 1. The molecule has 0 bridgehead atoms. The minimum absolute atomic E-state index is 0.406. The standard InChI is InChI=1S/C19H31N3O2/c1-3-20-19(22-13-10-18(11-14-22)24-4-2)21-12-15-23-16-17-8-6-5-7-9-17/h5-9,18H,3-4,10-16H2,1-2H3,(H,20,21). The Bertz CT molecular complexity index is 471. The maximum absolute atomic E-state index is 5.72. The zero-order valence-electron chi connectivity index (χ0n) is 15.0. The van der Waals surface area contributed by atoms with E-state index in [0.717, 1.165) is 45.0 Å². The quantitative estimate of drug-likeness (QED) is 0.451. The Morgan fingerprint density at radius 2 is 1.96 bits per heavy atom. The molecule has 24 heavy (non-hydrogen) atoms. The molecule has 0 aromatic heterocycles. The van der Waals surface area contributed by atoms with Gasteiger partial charge >= 0.3 is 0 Å². The van der Waals surface area contributed by atoms with Crippen molar-refractivity contribution in [2.24, 2.45) is 4.99 Å². The zero-order valence-corrected chi connectivity index (χ0v) is 15.0. The van der Waals surface area contributed by atoms with Crippen LogP contribution in [0.3, 0.4) is 0 Å². The van der Waals surface area contributed by atoms with Gasteiger partial charge in [0.15, 0.2) is 5.96 Å². The highest BCUT2D eigenvalue weighted by Crippen LogP contribution is 2.13. The van der Waals surface area contributed by atoms with E-state index in [1.54, 1.807) is 0 Å². The number of likely N-dealkylation sites (tertiary alicyclic amines) is 1. The Balaban J connectivity index is 1.72. The number of guanidine groups is 1. The third-order valence-electron chi connectivity index (χ3n) is 4.09. The van der Waals surface area contributed by atoms with Crippen LogP contribution >= 0.6 is 0 Å². The number of ether oxygens (including phenoxy) is 2. The fourth-order valence-electron chi connectivity index (χ4n) is 2.88. The molecular formula is C19H31N3O2. The topological polar surface area (TPSA) is 46.1 Å². The molecule has 1 N–H and O–H groups in total. The number of nitrogens with zero attached hydrogens (tertiary/aromatic N) is 2. The van der Waals surface area contributed by atoms with Gasteiger partial charge in [0.25, 0.3) is 0 Å². The molecule has 1 saturated heterocycles. The van der Waals surface area contributed by atoms with E-state index in [9.17, 15) is 0 Å². The van der Waals surface area contributed by atoms with Gasteiger partial charge in [0.1, 0.15) is 0 Å². The second kappa shape index (κ2) is 11.0. The molecule has 134 valence electrons. The number of benzene rings is 1. The molecule has 0 amide bonds. The molecule has 1 fully saturated rings. The molecule has 5 heteroatoms. The minimum Gasteiger partial charge on any atom is -0.378 e. The molecule has 0 aliphatic carbocycles. The predicted octanol–water partition coefficient (Wildman–Crippen LogP) is 2.67. The van der Waals surface area contributed by atoms with Crippen LogP contribution in [-0.2, 0) is 16.1 Å². The predicted molar refractivity (Wildman–Crippen MR) is 98.3 cm³/mol. The van der Waals surface area contributed by atoms with Crippen molar-refractivity contribution in [3.8, 4) is 0 Å². The van der Waals surface area contributed by atoms with Gasteiger partial charge in [0.2, 0.25) is 0 Å². The molecule has 1 aliphatic heterocycles. The average molecular weight is 333 g/mol. The molecule has 0 radical (unpaired) electrons. The van der Waals surface area contributed by atoms with Crippen LogP contribution in [0.1, 0.15) is 32.3 Å².